The smallest absolute Gasteiger partial charge is 0.241 e. The van der Waals surface area contributed by atoms with Crippen molar-refractivity contribution in [2.24, 2.45) is 0 Å². The zero-order chi connectivity index (χ0) is 24.7. The van der Waals surface area contributed by atoms with Crippen molar-refractivity contribution in [2.75, 3.05) is 52.4 Å². The van der Waals surface area contributed by atoms with Crippen molar-refractivity contribution in [3.8, 4) is 5.75 Å². The Morgan fingerprint density at radius 3 is 2.51 bits per heavy atom. The summed E-state index contributed by atoms with van der Waals surface area (Å²) in [6.07, 6.45) is 3.66. The lowest BCUT2D eigenvalue weighted by Crippen LogP contribution is -2.37. The van der Waals surface area contributed by atoms with E-state index < -0.39 is 10.0 Å². The van der Waals surface area contributed by atoms with Crippen LogP contribution in [0.2, 0.25) is 5.02 Å². The molecule has 0 amide bonds. The van der Waals surface area contributed by atoms with Gasteiger partial charge in [0.1, 0.15) is 5.75 Å². The highest BCUT2D eigenvalue weighted by molar-refractivity contribution is 7.89. The number of aromatic nitrogens is 1. The van der Waals surface area contributed by atoms with Crippen molar-refractivity contribution in [1.82, 2.24) is 19.5 Å². The Bertz CT molecular complexity index is 1220. The molecule has 0 unspecified atom stereocenters. The Morgan fingerprint density at radius 2 is 1.74 bits per heavy atom. The number of benzene rings is 2. The molecule has 1 aliphatic rings. The number of halogens is 1. The van der Waals surface area contributed by atoms with E-state index >= 15 is 0 Å². The molecule has 1 fully saturated rings. The molecule has 1 aromatic heterocycles. The molecule has 4 rings (SSSR count). The van der Waals surface area contributed by atoms with Crippen LogP contribution in [0.25, 0.3) is 10.9 Å². The SMILES string of the molecule is Cc1ccc(OCCCN2CCCN(CCNS(=O)(=O)c3ccc(Cl)c4ncccc34)CC2)cc1. The lowest BCUT2D eigenvalue weighted by Gasteiger charge is -2.22. The molecule has 0 atom stereocenters. The Morgan fingerprint density at radius 1 is 1.00 bits per heavy atom. The quantitative estimate of drug-likeness (QED) is 0.411. The summed E-state index contributed by atoms with van der Waals surface area (Å²) >= 11 is 6.19. The average molecular weight is 517 g/mol. The molecule has 1 N–H and O–H groups in total. The molecule has 35 heavy (non-hydrogen) atoms. The largest absolute Gasteiger partial charge is 0.494 e. The Hall–Kier alpha value is -2.23. The van der Waals surface area contributed by atoms with Crippen molar-refractivity contribution < 1.29 is 13.2 Å². The molecule has 1 aliphatic heterocycles. The van der Waals surface area contributed by atoms with Crippen LogP contribution in [-0.2, 0) is 10.0 Å². The third-order valence-electron chi connectivity index (χ3n) is 6.28. The second-order valence-corrected chi connectivity index (χ2v) is 11.0. The molecule has 3 aromatic rings. The zero-order valence-corrected chi connectivity index (χ0v) is 21.7. The summed E-state index contributed by atoms with van der Waals surface area (Å²) in [5.41, 5.74) is 1.73. The van der Waals surface area contributed by atoms with Gasteiger partial charge in [0.2, 0.25) is 10.0 Å². The number of nitrogens with zero attached hydrogens (tertiary/aromatic N) is 3. The number of hydrogen-bond donors (Lipinski definition) is 1. The van der Waals surface area contributed by atoms with Crippen molar-refractivity contribution in [3.63, 3.8) is 0 Å². The second-order valence-electron chi connectivity index (χ2n) is 8.89. The highest BCUT2D eigenvalue weighted by Gasteiger charge is 2.20. The van der Waals surface area contributed by atoms with Gasteiger partial charge in [-0.25, -0.2) is 13.1 Å². The molecule has 0 radical (unpaired) electrons. The van der Waals surface area contributed by atoms with Crippen molar-refractivity contribution in [1.29, 1.82) is 0 Å². The first-order chi connectivity index (χ1) is 16.9. The van der Waals surface area contributed by atoms with E-state index in [9.17, 15) is 8.42 Å². The number of rotatable bonds is 10. The van der Waals surface area contributed by atoms with Gasteiger partial charge >= 0.3 is 0 Å². The van der Waals surface area contributed by atoms with E-state index in [2.05, 4.69) is 38.6 Å². The van der Waals surface area contributed by atoms with E-state index in [-0.39, 0.29) is 4.90 Å². The number of hydrogen-bond acceptors (Lipinski definition) is 6. The van der Waals surface area contributed by atoms with Gasteiger partial charge in [0.15, 0.2) is 0 Å². The summed E-state index contributed by atoms with van der Waals surface area (Å²) in [7, 11) is -3.66. The zero-order valence-electron chi connectivity index (χ0n) is 20.1. The van der Waals surface area contributed by atoms with E-state index in [1.165, 1.54) is 5.56 Å². The van der Waals surface area contributed by atoms with E-state index in [1.807, 2.05) is 12.1 Å². The lowest BCUT2D eigenvalue weighted by molar-refractivity contribution is 0.232. The summed E-state index contributed by atoms with van der Waals surface area (Å²) in [6, 6.07) is 14.7. The number of fused-ring (bicyclic) bond motifs is 1. The maximum Gasteiger partial charge on any atom is 0.241 e. The van der Waals surface area contributed by atoms with Crippen LogP contribution in [0.15, 0.2) is 59.6 Å². The summed E-state index contributed by atoms with van der Waals surface area (Å²) in [5, 5.41) is 0.972. The van der Waals surface area contributed by atoms with Crippen molar-refractivity contribution in [2.45, 2.75) is 24.7 Å². The molecule has 0 aliphatic carbocycles. The van der Waals surface area contributed by atoms with E-state index in [0.29, 0.717) is 35.6 Å². The molecule has 9 heteroatoms. The van der Waals surface area contributed by atoms with Gasteiger partial charge in [0, 0.05) is 44.3 Å². The van der Waals surface area contributed by atoms with Gasteiger partial charge in [0.25, 0.3) is 0 Å². The highest BCUT2D eigenvalue weighted by atomic mass is 35.5. The molecule has 0 spiro atoms. The summed E-state index contributed by atoms with van der Waals surface area (Å²) < 4.78 is 34.5. The minimum Gasteiger partial charge on any atom is -0.494 e. The molecule has 0 bridgehead atoms. The van der Waals surface area contributed by atoms with Crippen molar-refractivity contribution in [3.05, 3.63) is 65.3 Å². The molecule has 2 heterocycles. The van der Waals surface area contributed by atoms with Crippen LogP contribution < -0.4 is 9.46 Å². The fraction of sp³-hybridized carbons (Fsp3) is 0.423. The van der Waals surface area contributed by atoms with Gasteiger partial charge in [-0.1, -0.05) is 29.3 Å². The molecule has 2 aromatic carbocycles. The van der Waals surface area contributed by atoms with Crippen molar-refractivity contribution >= 4 is 32.5 Å². The van der Waals surface area contributed by atoms with Gasteiger partial charge in [-0.2, -0.15) is 0 Å². The minimum absolute atomic E-state index is 0.208. The highest BCUT2D eigenvalue weighted by Crippen LogP contribution is 2.27. The molecule has 0 saturated carbocycles. The number of pyridine rings is 1. The van der Waals surface area contributed by atoms with Crippen LogP contribution in [0, 0.1) is 6.92 Å². The maximum absolute atomic E-state index is 13.0. The minimum atomic E-state index is -3.66. The second kappa shape index (κ2) is 12.1. The number of aryl methyl sites for hydroxylation is 1. The summed E-state index contributed by atoms with van der Waals surface area (Å²) in [4.78, 5) is 9.23. The monoisotopic (exact) mass is 516 g/mol. The molecule has 7 nitrogen and oxygen atoms in total. The van der Waals surface area contributed by atoms with E-state index in [1.54, 1.807) is 30.5 Å². The van der Waals surface area contributed by atoms with Crippen LogP contribution >= 0.6 is 11.6 Å². The number of nitrogens with one attached hydrogen (secondary N) is 1. The van der Waals surface area contributed by atoms with Crippen LogP contribution in [0.5, 0.6) is 5.75 Å². The topological polar surface area (TPSA) is 74.8 Å². The van der Waals surface area contributed by atoms with Gasteiger partial charge in [-0.05, 0) is 69.3 Å². The fourth-order valence-corrected chi connectivity index (χ4v) is 5.78. The molecular formula is C26H33ClN4O3S. The Kier molecular flexibility index (Phi) is 8.97. The number of sulfonamides is 1. The Labute approximate surface area is 213 Å². The predicted molar refractivity (Wildman–Crippen MR) is 141 cm³/mol. The third-order valence-corrected chi connectivity index (χ3v) is 8.10. The standard InChI is InChI=1S/C26H33ClN4O3S/c1-21-6-8-22(9-7-21)34-20-4-16-30-14-3-15-31(19-18-30)17-13-29-35(32,33)25-11-10-24(27)26-23(25)5-2-12-28-26/h2,5-12,29H,3-4,13-20H2,1H3. The first-order valence-electron chi connectivity index (χ1n) is 12.1. The third kappa shape index (κ3) is 7.15. The first-order valence-corrected chi connectivity index (χ1v) is 14.0. The Balaban J connectivity index is 1.20. The van der Waals surface area contributed by atoms with Gasteiger partial charge in [-0.15, -0.1) is 0 Å². The fourth-order valence-electron chi connectivity index (χ4n) is 4.35. The van der Waals surface area contributed by atoms with Crippen LogP contribution in [0.4, 0.5) is 0 Å². The predicted octanol–water partition coefficient (Wildman–Crippen LogP) is 3.95. The molecule has 1 saturated heterocycles. The maximum atomic E-state index is 13.0. The van der Waals surface area contributed by atoms with Crippen LogP contribution in [0.3, 0.4) is 0 Å². The van der Waals surface area contributed by atoms with E-state index in [0.717, 1.165) is 51.3 Å². The van der Waals surface area contributed by atoms with E-state index in [4.69, 9.17) is 16.3 Å². The molecular weight excluding hydrogens is 484 g/mol. The lowest BCUT2D eigenvalue weighted by atomic mass is 10.2. The van der Waals surface area contributed by atoms with Crippen LogP contribution in [0.1, 0.15) is 18.4 Å². The number of ether oxygens (including phenoxy) is 1. The van der Waals surface area contributed by atoms with Crippen LogP contribution in [-0.4, -0.2) is 75.6 Å². The first kappa shape index (κ1) is 25.9. The van der Waals surface area contributed by atoms with Gasteiger partial charge in [-0.3, -0.25) is 4.98 Å². The summed E-state index contributed by atoms with van der Waals surface area (Å²) in [5.74, 6) is 0.919. The summed E-state index contributed by atoms with van der Waals surface area (Å²) in [6.45, 7) is 8.73. The van der Waals surface area contributed by atoms with Gasteiger partial charge in [0.05, 0.1) is 22.0 Å². The van der Waals surface area contributed by atoms with Gasteiger partial charge < -0.3 is 14.5 Å². The average Bonchev–Trinajstić information content (AvgIpc) is 3.08. The normalized spacial score (nSPS) is 15.8. The molecule has 188 valence electrons.